The second-order valence-electron chi connectivity index (χ2n) is 19.7. The van der Waals surface area contributed by atoms with E-state index in [0.29, 0.717) is 76.3 Å². The summed E-state index contributed by atoms with van der Waals surface area (Å²) >= 11 is 0. The van der Waals surface area contributed by atoms with Gasteiger partial charge in [-0.15, -0.1) is 0 Å². The molecule has 3 amide bonds. The number of aromatic hydroxyl groups is 1. The number of likely N-dealkylation sites (tertiary alicyclic amines) is 1. The van der Waals surface area contributed by atoms with Crippen LogP contribution < -0.4 is 15.4 Å². The van der Waals surface area contributed by atoms with Crippen LogP contribution in [0.25, 0.3) is 0 Å². The van der Waals surface area contributed by atoms with E-state index >= 15 is 0 Å². The molecule has 1 aromatic heterocycles. The second kappa shape index (κ2) is 20.9. The summed E-state index contributed by atoms with van der Waals surface area (Å²) in [5, 5.41) is 21.2. The summed E-state index contributed by atoms with van der Waals surface area (Å²) in [6.07, 6.45) is 7.93. The number of benzene rings is 2. The Morgan fingerprint density at radius 1 is 1.08 bits per heavy atom. The molecule has 7 rings (SSSR count). The van der Waals surface area contributed by atoms with E-state index < -0.39 is 14.4 Å². The van der Waals surface area contributed by atoms with Gasteiger partial charge in [-0.05, 0) is 91.9 Å². The molecule has 64 heavy (non-hydrogen) atoms. The number of phenols is 1. The molecular weight excluding hydrogens is 831 g/mol. The lowest BCUT2D eigenvalue weighted by atomic mass is 9.89. The summed E-state index contributed by atoms with van der Waals surface area (Å²) in [6, 6.07) is 13.9. The van der Waals surface area contributed by atoms with Crippen LogP contribution in [-0.4, -0.2) is 147 Å². The molecular formula is C48H71N7O8Si. The number of anilines is 1. The summed E-state index contributed by atoms with van der Waals surface area (Å²) in [4.78, 5) is 44.6. The number of amides is 3. The van der Waals surface area contributed by atoms with Gasteiger partial charge in [0.25, 0.3) is 11.8 Å². The Bertz CT molecular complexity index is 2080. The van der Waals surface area contributed by atoms with Crippen LogP contribution in [0.4, 0.5) is 5.69 Å². The predicted octanol–water partition coefficient (Wildman–Crippen LogP) is 5.64. The van der Waals surface area contributed by atoms with E-state index in [2.05, 4.69) is 78.8 Å². The molecule has 0 bridgehead atoms. The van der Waals surface area contributed by atoms with Gasteiger partial charge < -0.3 is 49.1 Å². The van der Waals surface area contributed by atoms with Crippen LogP contribution in [0.5, 0.6) is 11.5 Å². The Balaban J connectivity index is 0.783. The van der Waals surface area contributed by atoms with E-state index in [1.807, 2.05) is 28.9 Å². The van der Waals surface area contributed by atoms with Crippen molar-refractivity contribution in [2.24, 2.45) is 5.92 Å². The van der Waals surface area contributed by atoms with Gasteiger partial charge in [0.15, 0.2) is 20.7 Å². The van der Waals surface area contributed by atoms with Crippen molar-refractivity contribution in [3.63, 3.8) is 0 Å². The normalized spacial score (nSPS) is 18.3. The van der Waals surface area contributed by atoms with E-state index in [1.54, 1.807) is 17.0 Å². The number of nitrogens with zero attached hydrogens (tertiary/aromatic N) is 5. The number of aromatic nitrogens is 2. The number of rotatable bonds is 20. The average molecular weight is 902 g/mol. The Morgan fingerprint density at radius 3 is 2.59 bits per heavy atom. The topological polar surface area (TPSA) is 160 Å². The SMILES string of the molecule is CN(CCNC[C@H](O[Si](C)(C)C(C)(C)C)c1ccc(O)c2c1OCC(=O)N2)C(=O)CCOCCc1cccc(CCN2CCC3(CC2)CN(C(=O)c2ccn(CC4CC4)n2)CCO3)c1. The number of likely N-dealkylation sites (N-methyl/N-ethyl adjacent to an activating group) is 1. The maximum atomic E-state index is 13.4. The molecule has 16 heteroatoms. The van der Waals surface area contributed by atoms with Gasteiger partial charge in [-0.25, -0.2) is 0 Å². The van der Waals surface area contributed by atoms with Crippen LogP contribution >= 0.6 is 0 Å². The minimum Gasteiger partial charge on any atom is -0.506 e. The Labute approximate surface area is 380 Å². The summed E-state index contributed by atoms with van der Waals surface area (Å²) in [6.45, 7) is 18.8. The lowest BCUT2D eigenvalue weighted by molar-refractivity contribution is -0.131. The third-order valence-corrected chi connectivity index (χ3v) is 18.2. The van der Waals surface area contributed by atoms with E-state index in [1.165, 1.54) is 24.0 Å². The highest BCUT2D eigenvalue weighted by Gasteiger charge is 2.42. The van der Waals surface area contributed by atoms with Gasteiger partial charge in [-0.2, -0.15) is 5.10 Å². The van der Waals surface area contributed by atoms with Crippen LogP contribution in [0, 0.1) is 5.92 Å². The number of carbonyl (C=O) groups is 3. The molecule has 0 unspecified atom stereocenters. The molecule has 1 aliphatic carbocycles. The summed E-state index contributed by atoms with van der Waals surface area (Å²) in [5.74, 6) is 0.805. The molecule has 350 valence electrons. The van der Waals surface area contributed by atoms with Crippen molar-refractivity contribution in [2.45, 2.75) is 102 Å². The van der Waals surface area contributed by atoms with Gasteiger partial charge in [0.1, 0.15) is 17.1 Å². The number of phenolic OH excluding ortho intramolecular Hbond substituents is 1. The lowest BCUT2D eigenvalue weighted by Crippen LogP contribution is -2.58. The molecule has 1 spiro atoms. The molecule has 0 radical (unpaired) electrons. The molecule has 4 aliphatic rings. The largest absolute Gasteiger partial charge is 0.506 e. The van der Waals surface area contributed by atoms with Crippen molar-refractivity contribution in [1.29, 1.82) is 0 Å². The first kappa shape index (κ1) is 47.6. The highest BCUT2D eigenvalue weighted by Crippen LogP contribution is 2.45. The second-order valence-corrected chi connectivity index (χ2v) is 24.5. The van der Waals surface area contributed by atoms with Gasteiger partial charge >= 0.3 is 0 Å². The summed E-state index contributed by atoms with van der Waals surface area (Å²) in [7, 11) is -0.431. The van der Waals surface area contributed by atoms with Crippen LogP contribution in [0.3, 0.4) is 0 Å². The zero-order valence-electron chi connectivity index (χ0n) is 39.0. The van der Waals surface area contributed by atoms with E-state index in [4.69, 9.17) is 18.6 Å². The van der Waals surface area contributed by atoms with Crippen molar-refractivity contribution in [3.05, 3.63) is 71.0 Å². The molecule has 4 heterocycles. The zero-order valence-corrected chi connectivity index (χ0v) is 40.0. The molecule has 3 aromatic rings. The molecule has 3 fully saturated rings. The smallest absolute Gasteiger partial charge is 0.274 e. The monoisotopic (exact) mass is 902 g/mol. The number of nitrogens with one attached hydrogen (secondary N) is 2. The number of hydrogen-bond acceptors (Lipinski definition) is 11. The molecule has 2 aromatic carbocycles. The Kier molecular flexibility index (Phi) is 15.5. The summed E-state index contributed by atoms with van der Waals surface area (Å²) < 4.78 is 26.9. The molecule has 3 aliphatic heterocycles. The van der Waals surface area contributed by atoms with Crippen molar-refractivity contribution in [2.75, 3.05) is 91.2 Å². The molecule has 1 saturated carbocycles. The zero-order chi connectivity index (χ0) is 45.5. The molecule has 2 saturated heterocycles. The predicted molar refractivity (Wildman–Crippen MR) is 248 cm³/mol. The number of morpholine rings is 1. The summed E-state index contributed by atoms with van der Waals surface area (Å²) in [5.41, 5.74) is 3.81. The van der Waals surface area contributed by atoms with Crippen molar-refractivity contribution >= 4 is 31.7 Å². The van der Waals surface area contributed by atoms with Crippen LogP contribution in [-0.2, 0) is 42.9 Å². The number of piperidine rings is 1. The molecule has 3 N–H and O–H groups in total. The van der Waals surface area contributed by atoms with E-state index in [-0.39, 0.29) is 46.4 Å². The number of ether oxygens (including phenoxy) is 3. The molecule has 1 atom stereocenters. The number of carbonyl (C=O) groups excluding carboxylic acids is 3. The van der Waals surface area contributed by atoms with Crippen molar-refractivity contribution in [1.82, 2.24) is 29.8 Å². The number of hydrogen-bond donors (Lipinski definition) is 3. The maximum absolute atomic E-state index is 13.4. The fourth-order valence-corrected chi connectivity index (χ4v) is 9.74. The minimum absolute atomic E-state index is 0.0165. The standard InChI is InChI=1S/C48H71N7O8Si/c1-47(2,3)64(5,6)63-41(38-12-13-40(56)44-45(38)61-33-42(57)50-44)31-49-20-25-52(4)43(58)17-28-60-27-16-36-9-7-8-35(30-36)14-21-53-23-18-48(19-24-53)34-54(26-29-62-48)46(59)39-15-22-55(51-39)32-37-10-11-37/h7-9,12-13,15,22,30,37,41,49,56H,10-11,14,16-21,23-29,31-34H2,1-6H3,(H,50,57)/t41-/m0/s1. The maximum Gasteiger partial charge on any atom is 0.274 e. The van der Waals surface area contributed by atoms with Crippen LogP contribution in [0.15, 0.2) is 48.7 Å². The third-order valence-electron chi connectivity index (χ3n) is 13.8. The number of fused-ring (bicyclic) bond motifs is 1. The van der Waals surface area contributed by atoms with Crippen LogP contribution in [0.1, 0.15) is 86.2 Å². The minimum atomic E-state index is -2.24. The highest BCUT2D eigenvalue weighted by molar-refractivity contribution is 6.74. The first-order valence-corrected chi connectivity index (χ1v) is 26.2. The van der Waals surface area contributed by atoms with Crippen molar-refractivity contribution in [3.8, 4) is 11.5 Å². The lowest BCUT2D eigenvalue weighted by Gasteiger charge is -2.47. The van der Waals surface area contributed by atoms with Crippen LogP contribution in [0.2, 0.25) is 18.1 Å². The first-order valence-electron chi connectivity index (χ1n) is 23.3. The van der Waals surface area contributed by atoms with Gasteiger partial charge in [0.05, 0.1) is 44.5 Å². The average Bonchev–Trinajstić information content (AvgIpc) is 3.97. The Hall–Kier alpha value is -4.32. The van der Waals surface area contributed by atoms with E-state index in [9.17, 15) is 19.5 Å². The van der Waals surface area contributed by atoms with Gasteiger partial charge in [-0.1, -0.05) is 45.0 Å². The van der Waals surface area contributed by atoms with Crippen molar-refractivity contribution < 1.29 is 38.1 Å². The van der Waals surface area contributed by atoms with Gasteiger partial charge in [-0.3, -0.25) is 19.1 Å². The fraction of sp³-hybridized carbons (Fsp3) is 0.625. The fourth-order valence-electron chi connectivity index (χ4n) is 8.46. The van der Waals surface area contributed by atoms with Gasteiger partial charge in [0.2, 0.25) is 5.91 Å². The van der Waals surface area contributed by atoms with E-state index in [0.717, 1.165) is 57.4 Å². The Morgan fingerprint density at radius 2 is 1.84 bits per heavy atom. The third kappa shape index (κ3) is 12.5. The highest BCUT2D eigenvalue weighted by atomic mass is 28.4. The first-order chi connectivity index (χ1) is 30.6. The van der Waals surface area contributed by atoms with Gasteiger partial charge in [0, 0.05) is 71.2 Å². The molecule has 15 nitrogen and oxygen atoms in total. The quantitative estimate of drug-likeness (QED) is 0.0732.